The van der Waals surface area contributed by atoms with Crippen LogP contribution >= 0.6 is 0 Å². The lowest BCUT2D eigenvalue weighted by molar-refractivity contribution is -0.136. The molecule has 0 saturated heterocycles. The summed E-state index contributed by atoms with van der Waals surface area (Å²) >= 11 is 0. The van der Waals surface area contributed by atoms with Crippen molar-refractivity contribution in [3.05, 3.63) is 29.8 Å². The Kier molecular flexibility index (Phi) is 5.10. The summed E-state index contributed by atoms with van der Waals surface area (Å²) in [5.74, 6) is 0. The van der Waals surface area contributed by atoms with Gasteiger partial charge in [-0.1, -0.05) is 6.07 Å². The van der Waals surface area contributed by atoms with E-state index in [1.54, 1.807) is 6.07 Å². The first-order valence-electron chi connectivity index (χ1n) is 5.38. The van der Waals surface area contributed by atoms with Crippen LogP contribution in [0.4, 0.5) is 13.2 Å². The molecule has 0 saturated carbocycles. The molecular weight excluding hydrogens is 297 g/mol. The van der Waals surface area contributed by atoms with Gasteiger partial charge in [0.05, 0.1) is 23.1 Å². The lowest BCUT2D eigenvalue weighted by Gasteiger charge is -2.22. The molecule has 0 heterocycles. The van der Waals surface area contributed by atoms with Gasteiger partial charge in [-0.25, -0.2) is 8.42 Å². The molecule has 20 heavy (non-hydrogen) atoms. The average molecular weight is 308 g/mol. The first-order valence-corrected chi connectivity index (χ1v) is 6.82. The van der Waals surface area contributed by atoms with Gasteiger partial charge in [0.2, 0.25) is 10.0 Å². The molecule has 0 aliphatic rings. The molecule has 1 N–H and O–H groups in total. The van der Waals surface area contributed by atoms with Gasteiger partial charge in [-0.2, -0.15) is 22.7 Å². The number of rotatable bonds is 5. The van der Waals surface area contributed by atoms with E-state index in [1.807, 2.05) is 0 Å². The number of nitrogens with zero attached hydrogens (tertiary/aromatic N) is 2. The molecular formula is C11H11F3N2O3S. The summed E-state index contributed by atoms with van der Waals surface area (Å²) in [6.07, 6.45) is -4.73. The SMILES string of the molecule is N#Cc1cccc(S(=O)(=O)N(CCO)CC(F)(F)F)c1. The molecule has 5 nitrogen and oxygen atoms in total. The molecule has 0 atom stereocenters. The maximum atomic E-state index is 12.4. The summed E-state index contributed by atoms with van der Waals surface area (Å²) in [5, 5.41) is 17.4. The molecule has 0 spiro atoms. The Bertz CT molecular complexity index is 608. The Hall–Kier alpha value is -1.63. The van der Waals surface area contributed by atoms with Gasteiger partial charge in [0.15, 0.2) is 0 Å². The van der Waals surface area contributed by atoms with Gasteiger partial charge in [-0.3, -0.25) is 0 Å². The van der Waals surface area contributed by atoms with Crippen LogP contribution in [0.5, 0.6) is 0 Å². The van der Waals surface area contributed by atoms with Gasteiger partial charge in [0, 0.05) is 6.54 Å². The second kappa shape index (κ2) is 6.21. The van der Waals surface area contributed by atoms with Crippen LogP contribution in [-0.4, -0.2) is 43.7 Å². The normalized spacial score (nSPS) is 12.4. The number of sulfonamides is 1. The number of hydrogen-bond donors (Lipinski definition) is 1. The maximum Gasteiger partial charge on any atom is 0.402 e. The molecule has 110 valence electrons. The Morgan fingerprint density at radius 1 is 1.35 bits per heavy atom. The summed E-state index contributed by atoms with van der Waals surface area (Å²) in [7, 11) is -4.43. The zero-order chi connectivity index (χ0) is 15.4. The second-order valence-electron chi connectivity index (χ2n) is 3.82. The van der Waals surface area contributed by atoms with Crippen molar-refractivity contribution < 1.29 is 26.7 Å². The van der Waals surface area contributed by atoms with E-state index in [1.165, 1.54) is 12.1 Å². The molecule has 1 aromatic carbocycles. The minimum Gasteiger partial charge on any atom is -0.395 e. The van der Waals surface area contributed by atoms with Crippen LogP contribution in [0, 0.1) is 11.3 Å². The van der Waals surface area contributed by atoms with E-state index in [2.05, 4.69) is 0 Å². The van der Waals surface area contributed by atoms with E-state index in [9.17, 15) is 21.6 Å². The largest absolute Gasteiger partial charge is 0.402 e. The number of aliphatic hydroxyl groups excluding tert-OH is 1. The number of halogens is 3. The molecule has 0 bridgehead atoms. The first kappa shape index (κ1) is 16.4. The quantitative estimate of drug-likeness (QED) is 0.883. The standard InChI is InChI=1S/C11H11F3N2O3S/c12-11(13,14)8-16(4-5-17)20(18,19)10-3-1-2-9(6-10)7-15/h1-3,6,17H,4-5,8H2. The fourth-order valence-electron chi connectivity index (χ4n) is 1.47. The molecule has 0 aromatic heterocycles. The first-order chi connectivity index (χ1) is 9.20. The third kappa shape index (κ3) is 4.19. The lowest BCUT2D eigenvalue weighted by Crippen LogP contribution is -2.40. The second-order valence-corrected chi connectivity index (χ2v) is 5.75. The van der Waals surface area contributed by atoms with Crippen LogP contribution in [0.2, 0.25) is 0 Å². The van der Waals surface area contributed by atoms with Crippen LogP contribution in [0.15, 0.2) is 29.2 Å². The van der Waals surface area contributed by atoms with Crippen molar-refractivity contribution in [2.24, 2.45) is 0 Å². The number of aliphatic hydroxyl groups is 1. The van der Waals surface area contributed by atoms with Gasteiger partial charge in [-0.15, -0.1) is 0 Å². The number of benzene rings is 1. The van der Waals surface area contributed by atoms with E-state index >= 15 is 0 Å². The molecule has 0 fully saturated rings. The highest BCUT2D eigenvalue weighted by atomic mass is 32.2. The molecule has 1 aromatic rings. The zero-order valence-corrected chi connectivity index (χ0v) is 10.9. The molecule has 0 aliphatic heterocycles. The Labute approximate surface area is 113 Å². The minimum atomic E-state index is -4.73. The summed E-state index contributed by atoms with van der Waals surface area (Å²) in [6.45, 7) is -3.13. The molecule has 0 radical (unpaired) electrons. The van der Waals surface area contributed by atoms with Crippen LogP contribution in [-0.2, 0) is 10.0 Å². The van der Waals surface area contributed by atoms with Crippen LogP contribution in [0.3, 0.4) is 0 Å². The topological polar surface area (TPSA) is 81.4 Å². The zero-order valence-electron chi connectivity index (χ0n) is 10.1. The van der Waals surface area contributed by atoms with E-state index in [-0.39, 0.29) is 9.87 Å². The highest BCUT2D eigenvalue weighted by molar-refractivity contribution is 7.89. The third-order valence-electron chi connectivity index (χ3n) is 2.31. The van der Waals surface area contributed by atoms with Gasteiger partial charge in [-0.05, 0) is 18.2 Å². The fourth-order valence-corrected chi connectivity index (χ4v) is 2.93. The van der Waals surface area contributed by atoms with Crippen molar-refractivity contribution >= 4 is 10.0 Å². The number of alkyl halides is 3. The minimum absolute atomic E-state index is 0.0158. The third-order valence-corrected chi connectivity index (χ3v) is 4.15. The van der Waals surface area contributed by atoms with Crippen molar-refractivity contribution in [1.82, 2.24) is 4.31 Å². The van der Waals surface area contributed by atoms with E-state index in [0.717, 1.165) is 12.1 Å². The summed E-state index contributed by atoms with van der Waals surface area (Å²) in [4.78, 5) is -0.422. The lowest BCUT2D eigenvalue weighted by atomic mass is 10.2. The van der Waals surface area contributed by atoms with Crippen LogP contribution in [0.1, 0.15) is 5.56 Å². The van der Waals surface area contributed by atoms with Crippen molar-refractivity contribution in [3.63, 3.8) is 0 Å². The van der Waals surface area contributed by atoms with Gasteiger partial charge in [0.1, 0.15) is 6.54 Å². The van der Waals surface area contributed by atoms with E-state index in [4.69, 9.17) is 10.4 Å². The Morgan fingerprint density at radius 3 is 2.50 bits per heavy atom. The Balaban J connectivity index is 3.19. The summed E-state index contributed by atoms with van der Waals surface area (Å²) in [5.41, 5.74) is 0.0158. The van der Waals surface area contributed by atoms with E-state index < -0.39 is 40.8 Å². The highest BCUT2D eigenvalue weighted by Crippen LogP contribution is 2.22. The van der Waals surface area contributed by atoms with Crippen molar-refractivity contribution in [2.45, 2.75) is 11.1 Å². The predicted octanol–water partition coefficient (Wildman–Crippen LogP) is 1.10. The highest BCUT2D eigenvalue weighted by Gasteiger charge is 2.36. The van der Waals surface area contributed by atoms with Crippen molar-refractivity contribution in [3.8, 4) is 6.07 Å². The van der Waals surface area contributed by atoms with Crippen LogP contribution in [0.25, 0.3) is 0 Å². The Morgan fingerprint density at radius 2 is 2.00 bits per heavy atom. The van der Waals surface area contributed by atoms with Gasteiger partial charge < -0.3 is 5.11 Å². The van der Waals surface area contributed by atoms with Gasteiger partial charge >= 0.3 is 6.18 Å². The number of hydrogen-bond acceptors (Lipinski definition) is 4. The van der Waals surface area contributed by atoms with E-state index in [0.29, 0.717) is 0 Å². The molecule has 0 amide bonds. The van der Waals surface area contributed by atoms with Crippen molar-refractivity contribution in [2.75, 3.05) is 19.7 Å². The molecule has 1 rings (SSSR count). The maximum absolute atomic E-state index is 12.4. The van der Waals surface area contributed by atoms with Gasteiger partial charge in [0.25, 0.3) is 0 Å². The number of nitriles is 1. The predicted molar refractivity (Wildman–Crippen MR) is 63.1 cm³/mol. The molecule has 0 unspecified atom stereocenters. The summed E-state index contributed by atoms with van der Waals surface area (Å²) in [6, 6.07) is 6.37. The summed E-state index contributed by atoms with van der Waals surface area (Å²) < 4.78 is 61.4. The fraction of sp³-hybridized carbons (Fsp3) is 0.364. The monoisotopic (exact) mass is 308 g/mol. The average Bonchev–Trinajstić information content (AvgIpc) is 2.37. The molecule has 9 heteroatoms. The smallest absolute Gasteiger partial charge is 0.395 e. The van der Waals surface area contributed by atoms with Crippen LogP contribution < -0.4 is 0 Å². The van der Waals surface area contributed by atoms with Crippen molar-refractivity contribution in [1.29, 1.82) is 5.26 Å². The molecule has 0 aliphatic carbocycles.